The Morgan fingerprint density at radius 1 is 0.605 bits per heavy atom. The van der Waals surface area contributed by atoms with Crippen molar-refractivity contribution >= 4 is 0 Å². The second-order valence-corrected chi connectivity index (χ2v) is 10.7. The van der Waals surface area contributed by atoms with E-state index in [1.165, 1.54) is 0 Å². The van der Waals surface area contributed by atoms with Crippen molar-refractivity contribution in [3.8, 4) is 0 Å². The predicted molar refractivity (Wildman–Crippen MR) is 133 cm³/mol. The van der Waals surface area contributed by atoms with Crippen LogP contribution in [0, 0.1) is 6.92 Å². The summed E-state index contributed by atoms with van der Waals surface area (Å²) in [7, 11) is 0. The van der Waals surface area contributed by atoms with Crippen LogP contribution >= 0.6 is 0 Å². The molecule has 3 fully saturated rings. The molecule has 2 saturated heterocycles. The van der Waals surface area contributed by atoms with Crippen LogP contribution in [0.5, 0.6) is 0 Å². The average molecular weight is 533 g/mol. The standard InChI is InChI=1S/C28H36O10/c1-12-8-15(6-7-16(12)28-26(36)24(34)22(32)20(11-30)38-28)18-9-17(18)13-2-4-14(5-3-13)27-25(35)23(33)21(31)19(10-29)37-27/h2-8,17-36H,9-11H2,1H3/t17?,18?,19?,20-,21?,22-,23?,24+,25?,26+,27?,28-/m1/s1. The molecule has 7 unspecified atom stereocenters. The van der Waals surface area contributed by atoms with Crippen LogP contribution in [0.1, 0.15) is 58.3 Å². The fraction of sp³-hybridized carbons (Fsp3) is 0.571. The first-order chi connectivity index (χ1) is 18.2. The third kappa shape index (κ3) is 4.90. The molecular weight excluding hydrogens is 496 g/mol. The second kappa shape index (κ2) is 10.9. The number of aliphatic hydroxyl groups excluding tert-OH is 8. The minimum absolute atomic E-state index is 0.288. The summed E-state index contributed by atoms with van der Waals surface area (Å²) in [6, 6.07) is 13.4. The van der Waals surface area contributed by atoms with Crippen LogP contribution in [0.4, 0.5) is 0 Å². The number of aliphatic hydroxyl groups is 8. The molecule has 1 saturated carbocycles. The predicted octanol–water partition coefficient (Wildman–Crippen LogP) is -0.704. The molecule has 2 aromatic carbocycles. The summed E-state index contributed by atoms with van der Waals surface area (Å²) < 4.78 is 11.4. The maximum Gasteiger partial charge on any atom is 0.113 e. The molecule has 5 rings (SSSR count). The Hall–Kier alpha value is -1.96. The Bertz CT molecular complexity index is 1110. The van der Waals surface area contributed by atoms with Crippen molar-refractivity contribution in [1.29, 1.82) is 0 Å². The fourth-order valence-corrected chi connectivity index (χ4v) is 5.85. The smallest absolute Gasteiger partial charge is 0.113 e. The van der Waals surface area contributed by atoms with Crippen molar-refractivity contribution in [3.05, 3.63) is 70.3 Å². The second-order valence-electron chi connectivity index (χ2n) is 10.7. The average Bonchev–Trinajstić information content (AvgIpc) is 3.72. The molecule has 3 aliphatic rings. The minimum Gasteiger partial charge on any atom is -0.394 e. The first-order valence-corrected chi connectivity index (χ1v) is 13.0. The molecule has 10 nitrogen and oxygen atoms in total. The van der Waals surface area contributed by atoms with Crippen LogP contribution in [-0.2, 0) is 9.47 Å². The van der Waals surface area contributed by atoms with E-state index in [0.29, 0.717) is 11.1 Å². The quantitative estimate of drug-likeness (QED) is 0.237. The Morgan fingerprint density at radius 2 is 1.08 bits per heavy atom. The van der Waals surface area contributed by atoms with E-state index >= 15 is 0 Å². The maximum absolute atomic E-state index is 10.5. The molecule has 38 heavy (non-hydrogen) atoms. The van der Waals surface area contributed by atoms with Gasteiger partial charge in [-0.15, -0.1) is 0 Å². The maximum atomic E-state index is 10.5. The number of aryl methyl sites for hydroxylation is 1. The topological polar surface area (TPSA) is 180 Å². The summed E-state index contributed by atoms with van der Waals surface area (Å²) in [4.78, 5) is 0. The number of benzene rings is 2. The lowest BCUT2D eigenvalue weighted by Crippen LogP contribution is -2.55. The zero-order chi connectivity index (χ0) is 27.3. The van der Waals surface area contributed by atoms with Gasteiger partial charge in [0.1, 0.15) is 61.0 Å². The van der Waals surface area contributed by atoms with Crippen molar-refractivity contribution in [1.82, 2.24) is 0 Å². The Labute approximate surface area is 220 Å². The summed E-state index contributed by atoms with van der Waals surface area (Å²) in [6.45, 7) is 0.947. The van der Waals surface area contributed by atoms with Crippen molar-refractivity contribution in [2.24, 2.45) is 0 Å². The van der Waals surface area contributed by atoms with Crippen molar-refractivity contribution in [3.63, 3.8) is 0 Å². The molecule has 0 aromatic heterocycles. The molecule has 0 spiro atoms. The zero-order valence-electron chi connectivity index (χ0n) is 21.0. The Balaban J connectivity index is 1.27. The Kier molecular flexibility index (Phi) is 7.92. The molecule has 0 bridgehead atoms. The van der Waals surface area contributed by atoms with Gasteiger partial charge in [-0.05, 0) is 53.0 Å². The van der Waals surface area contributed by atoms with Gasteiger partial charge in [0, 0.05) is 0 Å². The molecule has 208 valence electrons. The van der Waals surface area contributed by atoms with Crippen molar-refractivity contribution in [2.45, 2.75) is 86.2 Å². The van der Waals surface area contributed by atoms with Gasteiger partial charge in [-0.2, -0.15) is 0 Å². The number of hydrogen-bond acceptors (Lipinski definition) is 10. The van der Waals surface area contributed by atoms with E-state index < -0.39 is 74.3 Å². The van der Waals surface area contributed by atoms with E-state index in [2.05, 4.69) is 0 Å². The third-order valence-electron chi connectivity index (χ3n) is 8.30. The molecule has 0 amide bonds. The van der Waals surface area contributed by atoms with Crippen molar-refractivity contribution in [2.75, 3.05) is 13.2 Å². The molecule has 0 radical (unpaired) electrons. The van der Waals surface area contributed by atoms with Crippen LogP contribution in [-0.4, -0.2) is 103 Å². The van der Waals surface area contributed by atoms with Crippen molar-refractivity contribution < 1.29 is 50.3 Å². The van der Waals surface area contributed by atoms with Gasteiger partial charge in [0.25, 0.3) is 0 Å². The van der Waals surface area contributed by atoms with Gasteiger partial charge in [-0.3, -0.25) is 0 Å². The van der Waals surface area contributed by atoms with E-state index in [1.807, 2.05) is 49.4 Å². The Morgan fingerprint density at radius 3 is 1.63 bits per heavy atom. The monoisotopic (exact) mass is 532 g/mol. The largest absolute Gasteiger partial charge is 0.394 e. The summed E-state index contributed by atoms with van der Waals surface area (Å²) in [5, 5.41) is 80.1. The highest BCUT2D eigenvalue weighted by Crippen LogP contribution is 2.55. The fourth-order valence-electron chi connectivity index (χ4n) is 5.85. The van der Waals surface area contributed by atoms with Crippen LogP contribution < -0.4 is 0 Å². The molecule has 2 aromatic rings. The molecular formula is C28H36O10. The van der Waals surface area contributed by atoms with E-state index in [4.69, 9.17) is 9.47 Å². The lowest BCUT2D eigenvalue weighted by molar-refractivity contribution is -0.231. The van der Waals surface area contributed by atoms with Crippen LogP contribution in [0.15, 0.2) is 42.5 Å². The van der Waals surface area contributed by atoms with Crippen LogP contribution in [0.3, 0.4) is 0 Å². The molecule has 2 heterocycles. The van der Waals surface area contributed by atoms with Gasteiger partial charge in [-0.25, -0.2) is 0 Å². The van der Waals surface area contributed by atoms with Gasteiger partial charge in [0.15, 0.2) is 0 Å². The highest BCUT2D eigenvalue weighted by molar-refractivity contribution is 5.42. The summed E-state index contributed by atoms with van der Waals surface area (Å²) in [5.74, 6) is 0.576. The number of hydrogen-bond donors (Lipinski definition) is 8. The first kappa shape index (κ1) is 27.6. The van der Waals surface area contributed by atoms with E-state index in [0.717, 1.165) is 23.1 Å². The molecule has 8 N–H and O–H groups in total. The van der Waals surface area contributed by atoms with Gasteiger partial charge < -0.3 is 50.3 Å². The lowest BCUT2D eigenvalue weighted by atomic mass is 9.88. The normalized spacial score (nSPS) is 41.2. The van der Waals surface area contributed by atoms with Gasteiger partial charge in [0.05, 0.1) is 13.2 Å². The summed E-state index contributed by atoms with van der Waals surface area (Å²) in [6.07, 6.45) is -11.0. The molecule has 10 heteroatoms. The van der Waals surface area contributed by atoms with Gasteiger partial charge in [-0.1, -0.05) is 42.5 Å². The molecule has 1 aliphatic carbocycles. The molecule has 2 aliphatic heterocycles. The van der Waals surface area contributed by atoms with E-state index in [9.17, 15) is 40.9 Å². The SMILES string of the molecule is Cc1cc(C2CC2c2ccc(C3OC(CO)C(O)C(O)C3O)cc2)ccc1[C@H]1O[C@H](CO)[C@@H](O)[C@H](O)[C@@H]1O. The highest BCUT2D eigenvalue weighted by Gasteiger charge is 2.46. The van der Waals surface area contributed by atoms with Crippen LogP contribution in [0.2, 0.25) is 0 Å². The first-order valence-electron chi connectivity index (χ1n) is 13.0. The number of ether oxygens (including phenoxy) is 2. The highest BCUT2D eigenvalue weighted by atomic mass is 16.6. The molecule has 12 atom stereocenters. The summed E-state index contributed by atoms with van der Waals surface area (Å²) >= 11 is 0. The van der Waals surface area contributed by atoms with E-state index in [-0.39, 0.29) is 11.8 Å². The van der Waals surface area contributed by atoms with Crippen LogP contribution in [0.25, 0.3) is 0 Å². The lowest BCUT2D eigenvalue weighted by Gasteiger charge is -2.40. The minimum atomic E-state index is -1.43. The number of rotatable bonds is 6. The summed E-state index contributed by atoms with van der Waals surface area (Å²) in [5.41, 5.74) is 4.43. The zero-order valence-corrected chi connectivity index (χ0v) is 21.0. The third-order valence-corrected chi connectivity index (χ3v) is 8.30. The van der Waals surface area contributed by atoms with Gasteiger partial charge >= 0.3 is 0 Å². The van der Waals surface area contributed by atoms with Gasteiger partial charge in [0.2, 0.25) is 0 Å². The van der Waals surface area contributed by atoms with E-state index in [1.54, 1.807) is 0 Å².